The first kappa shape index (κ1) is 21.3. The van der Waals surface area contributed by atoms with Gasteiger partial charge in [0.05, 0.1) is 26.4 Å². The number of allylic oxidation sites excluding steroid dienone is 1. The first-order chi connectivity index (χ1) is 13.7. The summed E-state index contributed by atoms with van der Waals surface area (Å²) in [7, 11) is 1.68. The lowest BCUT2D eigenvalue weighted by Crippen LogP contribution is -2.24. The van der Waals surface area contributed by atoms with Crippen molar-refractivity contribution in [1.29, 1.82) is 0 Å². The highest BCUT2D eigenvalue weighted by molar-refractivity contribution is 5.33. The Labute approximate surface area is 168 Å². The number of methoxy groups -OCH3 is 1. The lowest BCUT2D eigenvalue weighted by atomic mass is 9.87. The van der Waals surface area contributed by atoms with Crippen LogP contribution in [0.1, 0.15) is 63.9 Å². The second-order valence-electron chi connectivity index (χ2n) is 7.96. The zero-order valence-electron chi connectivity index (χ0n) is 17.2. The third-order valence-electron chi connectivity index (χ3n) is 5.72. The molecular formula is C23H34O5. The van der Waals surface area contributed by atoms with Gasteiger partial charge in [0, 0.05) is 12.8 Å². The number of hydrogen-bond acceptors (Lipinski definition) is 5. The predicted molar refractivity (Wildman–Crippen MR) is 108 cm³/mol. The van der Waals surface area contributed by atoms with E-state index in [0.717, 1.165) is 56.4 Å². The van der Waals surface area contributed by atoms with Crippen LogP contribution in [0.15, 0.2) is 36.4 Å². The van der Waals surface area contributed by atoms with Crippen molar-refractivity contribution in [2.75, 3.05) is 20.3 Å². The first-order valence-corrected chi connectivity index (χ1v) is 10.6. The van der Waals surface area contributed by atoms with E-state index in [-0.39, 0.29) is 6.10 Å². The van der Waals surface area contributed by atoms with Crippen molar-refractivity contribution in [3.05, 3.63) is 42.0 Å². The van der Waals surface area contributed by atoms with Gasteiger partial charge in [-0.1, -0.05) is 44.1 Å². The molecule has 5 heteroatoms. The molecule has 3 rings (SSSR count). The lowest BCUT2D eigenvalue weighted by molar-refractivity contribution is -0.330. The Hall–Kier alpha value is -1.40. The molecule has 0 bridgehead atoms. The molecule has 2 fully saturated rings. The monoisotopic (exact) mass is 390 g/mol. The van der Waals surface area contributed by atoms with Crippen molar-refractivity contribution in [3.63, 3.8) is 0 Å². The Bertz CT molecular complexity index is 601. The minimum atomic E-state index is -0.429. The van der Waals surface area contributed by atoms with Crippen LogP contribution in [0, 0.1) is 5.92 Å². The quantitative estimate of drug-likeness (QED) is 0.433. The van der Waals surface area contributed by atoms with Gasteiger partial charge >= 0.3 is 0 Å². The molecule has 0 spiro atoms. The van der Waals surface area contributed by atoms with Gasteiger partial charge in [0.1, 0.15) is 11.4 Å². The highest BCUT2D eigenvalue weighted by Crippen LogP contribution is 2.39. The summed E-state index contributed by atoms with van der Waals surface area (Å²) in [5.74, 6) is 1.32. The van der Waals surface area contributed by atoms with Crippen LogP contribution in [0.3, 0.4) is 0 Å². The third-order valence-corrected chi connectivity index (χ3v) is 5.72. The summed E-state index contributed by atoms with van der Waals surface area (Å²) in [5.41, 5.74) is 0.669. The Balaban J connectivity index is 1.52. The van der Waals surface area contributed by atoms with Gasteiger partial charge in [0.15, 0.2) is 0 Å². The molecular weight excluding hydrogens is 356 g/mol. The van der Waals surface area contributed by atoms with Crippen molar-refractivity contribution >= 4 is 0 Å². The molecule has 0 radical (unpaired) electrons. The molecule has 2 heterocycles. The molecule has 0 aromatic heterocycles. The number of hydrogen-bond donors (Lipinski definition) is 0. The van der Waals surface area contributed by atoms with Crippen LogP contribution in [0.25, 0.3) is 0 Å². The van der Waals surface area contributed by atoms with E-state index in [2.05, 4.69) is 25.1 Å². The van der Waals surface area contributed by atoms with Crippen LogP contribution in [0.5, 0.6) is 5.75 Å². The molecule has 0 aliphatic carbocycles. The standard InChI is InChI=1S/C23H34O5/c1-19(12-13-21-10-4-3-5-16-25-27-21)8-7-14-23(15-17-26-28-23)20-9-6-11-22(18-20)24-2/h6-9,11,18-19,21H,3-5,10,12-17H2,1-2H3. The van der Waals surface area contributed by atoms with E-state index >= 15 is 0 Å². The van der Waals surface area contributed by atoms with Crippen molar-refractivity contribution < 1.29 is 24.3 Å². The molecule has 5 nitrogen and oxygen atoms in total. The Morgan fingerprint density at radius 3 is 2.96 bits per heavy atom. The van der Waals surface area contributed by atoms with Gasteiger partial charge < -0.3 is 4.74 Å². The summed E-state index contributed by atoms with van der Waals surface area (Å²) in [6.45, 7) is 3.59. The summed E-state index contributed by atoms with van der Waals surface area (Å²) in [6, 6.07) is 8.07. The highest BCUT2D eigenvalue weighted by Gasteiger charge is 2.38. The molecule has 1 aromatic carbocycles. The molecule has 0 saturated carbocycles. The molecule has 28 heavy (non-hydrogen) atoms. The molecule has 2 aliphatic heterocycles. The normalized spacial score (nSPS) is 27.4. The van der Waals surface area contributed by atoms with Gasteiger partial charge in [-0.2, -0.15) is 0 Å². The molecule has 0 N–H and O–H groups in total. The summed E-state index contributed by atoms with van der Waals surface area (Å²) in [5, 5.41) is 0. The number of rotatable bonds is 8. The van der Waals surface area contributed by atoms with E-state index in [0.29, 0.717) is 12.5 Å². The largest absolute Gasteiger partial charge is 0.497 e. The smallest absolute Gasteiger partial charge is 0.134 e. The average Bonchev–Trinajstić information content (AvgIpc) is 3.17. The summed E-state index contributed by atoms with van der Waals surface area (Å²) in [4.78, 5) is 21.9. The maximum absolute atomic E-state index is 5.75. The van der Waals surface area contributed by atoms with Crippen LogP contribution in [0.2, 0.25) is 0 Å². The van der Waals surface area contributed by atoms with Gasteiger partial charge in [-0.05, 0) is 49.3 Å². The fourth-order valence-electron chi connectivity index (χ4n) is 3.89. The van der Waals surface area contributed by atoms with E-state index in [9.17, 15) is 0 Å². The topological polar surface area (TPSA) is 46.2 Å². The minimum Gasteiger partial charge on any atom is -0.497 e. The second-order valence-corrected chi connectivity index (χ2v) is 7.96. The lowest BCUT2D eigenvalue weighted by Gasteiger charge is -2.25. The summed E-state index contributed by atoms with van der Waals surface area (Å²) < 4.78 is 5.37. The fourth-order valence-corrected chi connectivity index (χ4v) is 3.89. The molecule has 2 saturated heterocycles. The van der Waals surface area contributed by atoms with Gasteiger partial charge in [-0.15, -0.1) is 0 Å². The molecule has 1 aromatic rings. The van der Waals surface area contributed by atoms with E-state index in [1.165, 1.54) is 12.8 Å². The zero-order chi connectivity index (χ0) is 19.7. The maximum Gasteiger partial charge on any atom is 0.134 e. The third kappa shape index (κ3) is 6.05. The van der Waals surface area contributed by atoms with Crippen LogP contribution in [-0.2, 0) is 25.2 Å². The van der Waals surface area contributed by atoms with E-state index in [1.807, 2.05) is 18.2 Å². The van der Waals surface area contributed by atoms with Crippen molar-refractivity contribution in [2.45, 2.75) is 70.0 Å². The van der Waals surface area contributed by atoms with Crippen molar-refractivity contribution in [1.82, 2.24) is 0 Å². The zero-order valence-corrected chi connectivity index (χ0v) is 17.2. The highest BCUT2D eigenvalue weighted by atomic mass is 17.2. The Kier molecular flexibility index (Phi) is 8.34. The van der Waals surface area contributed by atoms with Crippen LogP contribution in [0.4, 0.5) is 0 Å². The van der Waals surface area contributed by atoms with Crippen LogP contribution < -0.4 is 4.74 Å². The summed E-state index contributed by atoms with van der Waals surface area (Å²) >= 11 is 0. The minimum absolute atomic E-state index is 0.228. The van der Waals surface area contributed by atoms with Crippen molar-refractivity contribution in [2.24, 2.45) is 5.92 Å². The molecule has 3 unspecified atom stereocenters. The predicted octanol–water partition coefficient (Wildman–Crippen LogP) is 5.50. The number of benzene rings is 1. The van der Waals surface area contributed by atoms with E-state index in [1.54, 1.807) is 7.11 Å². The van der Waals surface area contributed by atoms with Crippen molar-refractivity contribution in [3.8, 4) is 5.75 Å². The van der Waals surface area contributed by atoms with E-state index in [4.69, 9.17) is 24.3 Å². The van der Waals surface area contributed by atoms with Gasteiger partial charge in [-0.25, -0.2) is 19.6 Å². The second kappa shape index (κ2) is 11.0. The maximum atomic E-state index is 5.75. The SMILES string of the molecule is COc1cccc(C2(CC=CC(C)CCC3CCCCCOO3)CCOO2)c1. The first-order valence-electron chi connectivity index (χ1n) is 10.6. The van der Waals surface area contributed by atoms with Crippen LogP contribution >= 0.6 is 0 Å². The Morgan fingerprint density at radius 1 is 1.21 bits per heavy atom. The van der Waals surface area contributed by atoms with Gasteiger partial charge in [0.25, 0.3) is 0 Å². The molecule has 3 atom stereocenters. The molecule has 156 valence electrons. The molecule has 0 amide bonds. The number of ether oxygens (including phenoxy) is 1. The van der Waals surface area contributed by atoms with Crippen LogP contribution in [-0.4, -0.2) is 26.4 Å². The molecule has 2 aliphatic rings. The van der Waals surface area contributed by atoms with E-state index < -0.39 is 5.60 Å². The fraction of sp³-hybridized carbons (Fsp3) is 0.652. The average molecular weight is 391 g/mol. The summed E-state index contributed by atoms with van der Waals surface area (Å²) in [6.07, 6.45) is 13.2. The Morgan fingerprint density at radius 2 is 2.14 bits per heavy atom. The van der Waals surface area contributed by atoms with Gasteiger partial charge in [-0.3, -0.25) is 0 Å². The van der Waals surface area contributed by atoms with Gasteiger partial charge in [0.2, 0.25) is 0 Å².